The highest BCUT2D eigenvalue weighted by Gasteiger charge is 2.24. The van der Waals surface area contributed by atoms with Crippen LogP contribution in [0.15, 0.2) is 113 Å². The van der Waals surface area contributed by atoms with Crippen molar-refractivity contribution in [1.82, 2.24) is 15.3 Å². The number of aromatic nitrogens is 1. The summed E-state index contributed by atoms with van der Waals surface area (Å²) in [4.78, 5) is 42.8. The molecule has 0 fully saturated rings. The van der Waals surface area contributed by atoms with Gasteiger partial charge in [-0.2, -0.15) is 0 Å². The minimum absolute atomic E-state index is 0.0981. The number of benzene rings is 3. The molecule has 1 heterocycles. The molecule has 10 heteroatoms. The monoisotopic (exact) mass is 566 g/mol. The van der Waals surface area contributed by atoms with Gasteiger partial charge in [-0.25, -0.2) is 4.79 Å². The number of hydrazine groups is 1. The van der Waals surface area contributed by atoms with Crippen molar-refractivity contribution < 1.29 is 14.7 Å². The van der Waals surface area contributed by atoms with Crippen LogP contribution in [0.1, 0.15) is 45.9 Å². The summed E-state index contributed by atoms with van der Waals surface area (Å²) in [7, 11) is 0. The average molecular weight is 567 g/mol. The van der Waals surface area contributed by atoms with Gasteiger partial charge in [0.1, 0.15) is 11.6 Å². The number of carbonyl (C=O) groups is 2. The standard InChI is InChI=1S/C32H34N6O4/c1-22-16-18-25(19-17-22)36-37-32(33)34-20-8-15-27(31(41)42)35-29(39)26-14-9-21-38(30(26)40)28(23-10-4-2-5-11-23)24-12-6-3-7-13-24/h2-7,9-14,16-19,21,27-28,36H,8,15,20H2,1H3,(H,35,39)(H,41,42)(H3,33,34,37). The zero-order valence-electron chi connectivity index (χ0n) is 23.2. The first-order valence-corrected chi connectivity index (χ1v) is 13.6. The summed E-state index contributed by atoms with van der Waals surface area (Å²) in [5.74, 6) is -1.82. The third-order valence-electron chi connectivity index (χ3n) is 6.65. The predicted octanol–water partition coefficient (Wildman–Crippen LogP) is 3.69. The SMILES string of the molecule is Cc1ccc(NNC(N)=NCCCC(NC(=O)c2cccn(C(c3ccccc3)c3ccccc3)c2=O)C(=O)O)cc1. The number of amides is 1. The van der Waals surface area contributed by atoms with Crippen molar-refractivity contribution in [3.8, 4) is 0 Å². The van der Waals surface area contributed by atoms with E-state index in [1.807, 2.05) is 91.9 Å². The number of rotatable bonds is 12. The number of carboxylic acids is 1. The van der Waals surface area contributed by atoms with Crippen molar-refractivity contribution in [1.29, 1.82) is 0 Å². The van der Waals surface area contributed by atoms with Crippen LogP contribution in [0, 0.1) is 6.92 Å². The van der Waals surface area contributed by atoms with Gasteiger partial charge in [0.25, 0.3) is 11.5 Å². The molecular formula is C32H34N6O4. The van der Waals surface area contributed by atoms with Crippen LogP contribution in [0.25, 0.3) is 0 Å². The van der Waals surface area contributed by atoms with Gasteiger partial charge in [0.2, 0.25) is 5.96 Å². The average Bonchev–Trinajstić information content (AvgIpc) is 3.00. The highest BCUT2D eigenvalue weighted by molar-refractivity contribution is 5.96. The van der Waals surface area contributed by atoms with Crippen LogP contribution in [-0.4, -0.2) is 40.1 Å². The lowest BCUT2D eigenvalue weighted by Gasteiger charge is -2.22. The van der Waals surface area contributed by atoms with Gasteiger partial charge in [-0.15, -0.1) is 0 Å². The molecule has 0 aliphatic carbocycles. The normalized spacial score (nSPS) is 12.0. The number of pyridine rings is 1. The molecule has 4 rings (SSSR count). The van der Waals surface area contributed by atoms with Gasteiger partial charge in [0, 0.05) is 12.7 Å². The number of nitrogens with one attached hydrogen (secondary N) is 3. The first-order chi connectivity index (χ1) is 20.3. The molecule has 10 nitrogen and oxygen atoms in total. The van der Waals surface area contributed by atoms with E-state index in [0.29, 0.717) is 6.42 Å². The van der Waals surface area contributed by atoms with Crippen LogP contribution in [0.2, 0.25) is 0 Å². The molecule has 1 amide bonds. The summed E-state index contributed by atoms with van der Waals surface area (Å²) in [5.41, 5.74) is 14.6. The number of anilines is 1. The van der Waals surface area contributed by atoms with Gasteiger partial charge >= 0.3 is 5.97 Å². The third-order valence-corrected chi connectivity index (χ3v) is 6.65. The molecular weight excluding hydrogens is 532 g/mol. The second kappa shape index (κ2) is 14.3. The van der Waals surface area contributed by atoms with E-state index in [9.17, 15) is 19.5 Å². The van der Waals surface area contributed by atoms with Crippen LogP contribution in [0.3, 0.4) is 0 Å². The number of guanidine groups is 1. The molecule has 4 aromatic rings. The molecule has 0 spiro atoms. The summed E-state index contributed by atoms with van der Waals surface area (Å²) < 4.78 is 1.49. The number of hydrogen-bond donors (Lipinski definition) is 5. The Balaban J connectivity index is 1.42. The molecule has 1 aromatic heterocycles. The zero-order chi connectivity index (χ0) is 29.9. The van der Waals surface area contributed by atoms with E-state index < -0.39 is 29.5 Å². The molecule has 0 saturated carbocycles. The number of hydrogen-bond acceptors (Lipinski definition) is 5. The van der Waals surface area contributed by atoms with Gasteiger partial charge in [-0.05, 0) is 55.2 Å². The Kier molecular flexibility index (Phi) is 10.1. The van der Waals surface area contributed by atoms with Crippen molar-refractivity contribution in [2.75, 3.05) is 12.0 Å². The van der Waals surface area contributed by atoms with E-state index in [1.165, 1.54) is 10.6 Å². The van der Waals surface area contributed by atoms with Crippen LogP contribution < -0.4 is 27.5 Å². The maximum absolute atomic E-state index is 13.6. The maximum Gasteiger partial charge on any atom is 0.326 e. The van der Waals surface area contributed by atoms with E-state index in [0.717, 1.165) is 22.4 Å². The third kappa shape index (κ3) is 7.85. The summed E-state index contributed by atoms with van der Waals surface area (Å²) in [6.45, 7) is 2.23. The number of carbonyl (C=O) groups excluding carboxylic acids is 1. The number of nitrogens with two attached hydrogens (primary N) is 1. The molecule has 0 radical (unpaired) electrons. The number of aliphatic carboxylic acids is 1. The highest BCUT2D eigenvalue weighted by atomic mass is 16.4. The number of carboxylic acid groups (broad SMARTS) is 1. The lowest BCUT2D eigenvalue weighted by Crippen LogP contribution is -2.43. The fourth-order valence-electron chi connectivity index (χ4n) is 4.47. The minimum Gasteiger partial charge on any atom is -0.480 e. The summed E-state index contributed by atoms with van der Waals surface area (Å²) in [6, 6.07) is 28.0. The molecule has 42 heavy (non-hydrogen) atoms. The number of nitrogens with zero attached hydrogens (tertiary/aromatic N) is 2. The Hall–Kier alpha value is -5.38. The Morgan fingerprint density at radius 2 is 1.52 bits per heavy atom. The van der Waals surface area contributed by atoms with E-state index >= 15 is 0 Å². The summed E-state index contributed by atoms with van der Waals surface area (Å²) in [5, 5.41) is 12.2. The van der Waals surface area contributed by atoms with Crippen LogP contribution >= 0.6 is 0 Å². The van der Waals surface area contributed by atoms with Gasteiger partial charge in [-0.1, -0.05) is 78.4 Å². The highest BCUT2D eigenvalue weighted by Crippen LogP contribution is 2.25. The fourth-order valence-corrected chi connectivity index (χ4v) is 4.47. The molecule has 6 N–H and O–H groups in total. The van der Waals surface area contributed by atoms with E-state index in [1.54, 1.807) is 12.3 Å². The largest absolute Gasteiger partial charge is 0.480 e. The lowest BCUT2D eigenvalue weighted by atomic mass is 9.98. The van der Waals surface area contributed by atoms with Crippen LogP contribution in [0.5, 0.6) is 0 Å². The molecule has 3 aromatic carbocycles. The van der Waals surface area contributed by atoms with E-state index in [4.69, 9.17) is 5.73 Å². The van der Waals surface area contributed by atoms with Crippen molar-refractivity contribution in [2.45, 2.75) is 31.8 Å². The first kappa shape index (κ1) is 29.6. The fraction of sp³-hybridized carbons (Fsp3) is 0.188. The number of aryl methyl sites for hydroxylation is 1. The molecule has 1 unspecified atom stereocenters. The predicted molar refractivity (Wildman–Crippen MR) is 163 cm³/mol. The van der Waals surface area contributed by atoms with Crippen molar-refractivity contribution in [2.24, 2.45) is 10.7 Å². The van der Waals surface area contributed by atoms with Crippen molar-refractivity contribution in [3.63, 3.8) is 0 Å². The Labute approximate surface area is 243 Å². The van der Waals surface area contributed by atoms with Gasteiger partial charge in [-0.3, -0.25) is 25.4 Å². The molecule has 0 aliphatic heterocycles. The van der Waals surface area contributed by atoms with Gasteiger partial charge in [0.15, 0.2) is 0 Å². The van der Waals surface area contributed by atoms with E-state index in [2.05, 4.69) is 21.2 Å². The second-order valence-corrected chi connectivity index (χ2v) is 9.75. The molecule has 0 saturated heterocycles. The zero-order valence-corrected chi connectivity index (χ0v) is 23.2. The maximum atomic E-state index is 13.6. The molecule has 1 atom stereocenters. The van der Waals surface area contributed by atoms with E-state index in [-0.39, 0.29) is 24.5 Å². The minimum atomic E-state index is -1.21. The van der Waals surface area contributed by atoms with Crippen LogP contribution in [-0.2, 0) is 4.79 Å². The van der Waals surface area contributed by atoms with Gasteiger partial charge in [0.05, 0.1) is 11.7 Å². The molecule has 216 valence electrons. The quantitative estimate of drug-likeness (QED) is 0.0759. The Morgan fingerprint density at radius 3 is 2.12 bits per heavy atom. The Morgan fingerprint density at radius 1 is 0.905 bits per heavy atom. The van der Waals surface area contributed by atoms with Gasteiger partial charge < -0.3 is 20.7 Å². The topological polar surface area (TPSA) is 151 Å². The van der Waals surface area contributed by atoms with Crippen molar-refractivity contribution in [3.05, 3.63) is 136 Å². The van der Waals surface area contributed by atoms with Crippen LogP contribution in [0.4, 0.5) is 5.69 Å². The summed E-state index contributed by atoms with van der Waals surface area (Å²) >= 11 is 0. The Bertz CT molecular complexity index is 1530. The smallest absolute Gasteiger partial charge is 0.326 e. The summed E-state index contributed by atoms with van der Waals surface area (Å²) in [6.07, 6.45) is 2.07. The number of aliphatic imine (C=N–C) groups is 1. The lowest BCUT2D eigenvalue weighted by molar-refractivity contribution is -0.139. The first-order valence-electron chi connectivity index (χ1n) is 13.6. The molecule has 0 bridgehead atoms. The van der Waals surface area contributed by atoms with Crippen molar-refractivity contribution >= 4 is 23.5 Å². The molecule has 0 aliphatic rings. The second-order valence-electron chi connectivity index (χ2n) is 9.75.